The van der Waals surface area contributed by atoms with Gasteiger partial charge in [-0.2, -0.15) is 0 Å². The fraction of sp³-hybridized carbons (Fsp3) is 0.143. The van der Waals surface area contributed by atoms with Crippen LogP contribution in [0.2, 0.25) is 0 Å². The second-order valence-electron chi connectivity index (χ2n) is 8.49. The summed E-state index contributed by atoms with van der Waals surface area (Å²) in [5.41, 5.74) is 3.43. The van der Waals surface area contributed by atoms with Crippen molar-refractivity contribution in [3.63, 3.8) is 0 Å². The molecule has 0 spiro atoms. The molecule has 0 aliphatic carbocycles. The number of rotatable bonds is 5. The van der Waals surface area contributed by atoms with E-state index in [1.165, 1.54) is 11.0 Å². The average molecular weight is 455 g/mol. The van der Waals surface area contributed by atoms with Gasteiger partial charge in [0.25, 0.3) is 11.7 Å². The molecule has 1 unspecified atom stereocenters. The number of hydrogen-bond acceptors (Lipinski definition) is 3. The predicted octanol–water partition coefficient (Wildman–Crippen LogP) is 5.28. The summed E-state index contributed by atoms with van der Waals surface area (Å²) in [4.78, 5) is 30.8. The third-order valence-corrected chi connectivity index (χ3v) is 6.36. The number of nitrogens with zero attached hydrogens (tertiary/aromatic N) is 1. The maximum Gasteiger partial charge on any atom is 0.295 e. The summed E-state index contributed by atoms with van der Waals surface area (Å²) < 4.78 is 14.9. The van der Waals surface area contributed by atoms with Crippen molar-refractivity contribution < 1.29 is 19.1 Å². The number of likely N-dealkylation sites (tertiary alicyclic amines) is 1. The maximum absolute atomic E-state index is 14.9. The number of aromatic amines is 1. The molecule has 5 nitrogen and oxygen atoms in total. The first-order chi connectivity index (χ1) is 16.5. The van der Waals surface area contributed by atoms with E-state index in [9.17, 15) is 19.1 Å². The number of aromatic nitrogens is 1. The van der Waals surface area contributed by atoms with Gasteiger partial charge in [0, 0.05) is 34.8 Å². The van der Waals surface area contributed by atoms with Crippen molar-refractivity contribution in [2.24, 2.45) is 0 Å². The second-order valence-corrected chi connectivity index (χ2v) is 8.49. The van der Waals surface area contributed by atoms with Gasteiger partial charge in [-0.25, -0.2) is 4.39 Å². The van der Waals surface area contributed by atoms with E-state index in [1.807, 2.05) is 37.4 Å². The highest BCUT2D eigenvalue weighted by Crippen LogP contribution is 2.40. The molecular weight excluding hydrogens is 431 g/mol. The molecule has 1 aromatic heterocycles. The Labute approximate surface area is 196 Å². The number of aliphatic hydroxyl groups excluding tert-OH is 1. The Morgan fingerprint density at radius 2 is 1.71 bits per heavy atom. The summed E-state index contributed by atoms with van der Waals surface area (Å²) in [5, 5.41) is 12.1. The molecule has 34 heavy (non-hydrogen) atoms. The quantitative estimate of drug-likeness (QED) is 0.245. The van der Waals surface area contributed by atoms with Gasteiger partial charge < -0.3 is 15.0 Å². The number of nitrogens with one attached hydrogen (secondary N) is 1. The summed E-state index contributed by atoms with van der Waals surface area (Å²) in [6.07, 6.45) is 2.35. The number of para-hydroxylation sites is 1. The molecule has 1 aliphatic rings. The van der Waals surface area contributed by atoms with E-state index in [0.29, 0.717) is 12.0 Å². The van der Waals surface area contributed by atoms with E-state index in [4.69, 9.17) is 0 Å². The molecule has 6 heteroatoms. The fourth-order valence-corrected chi connectivity index (χ4v) is 4.58. The number of halogens is 1. The summed E-state index contributed by atoms with van der Waals surface area (Å²) >= 11 is 0. The Balaban J connectivity index is 1.58. The second kappa shape index (κ2) is 8.63. The number of aliphatic hydroxyl groups is 1. The van der Waals surface area contributed by atoms with Crippen molar-refractivity contribution in [2.75, 3.05) is 6.54 Å². The van der Waals surface area contributed by atoms with Gasteiger partial charge in [0.15, 0.2) is 0 Å². The lowest BCUT2D eigenvalue weighted by Gasteiger charge is -2.25. The number of H-pyrrole nitrogens is 1. The van der Waals surface area contributed by atoms with Crippen LogP contribution in [0.25, 0.3) is 16.7 Å². The highest BCUT2D eigenvalue weighted by Gasteiger charge is 2.46. The zero-order chi connectivity index (χ0) is 23.8. The largest absolute Gasteiger partial charge is 0.507 e. The number of benzene rings is 3. The molecule has 5 rings (SSSR count). The monoisotopic (exact) mass is 454 g/mol. The van der Waals surface area contributed by atoms with Crippen LogP contribution < -0.4 is 0 Å². The minimum absolute atomic E-state index is 0.0992. The average Bonchev–Trinajstić information content (AvgIpc) is 3.37. The molecule has 1 saturated heterocycles. The smallest absolute Gasteiger partial charge is 0.295 e. The summed E-state index contributed by atoms with van der Waals surface area (Å²) in [6.45, 7) is 2.10. The molecule has 1 fully saturated rings. The lowest BCUT2D eigenvalue weighted by molar-refractivity contribution is -0.139. The summed E-state index contributed by atoms with van der Waals surface area (Å²) in [7, 11) is 0. The number of amides is 1. The number of carbonyl (C=O) groups is 2. The van der Waals surface area contributed by atoms with Gasteiger partial charge >= 0.3 is 0 Å². The summed E-state index contributed by atoms with van der Waals surface area (Å²) in [6, 6.07) is 19.8. The van der Waals surface area contributed by atoms with Crippen LogP contribution in [0.5, 0.6) is 0 Å². The first-order valence-corrected chi connectivity index (χ1v) is 11.1. The van der Waals surface area contributed by atoms with Crippen molar-refractivity contribution >= 4 is 28.4 Å². The molecule has 3 aromatic carbocycles. The molecule has 2 heterocycles. The predicted molar refractivity (Wildman–Crippen MR) is 129 cm³/mol. The number of hydrogen-bond donors (Lipinski definition) is 2. The third-order valence-electron chi connectivity index (χ3n) is 6.36. The number of aryl methyl sites for hydroxylation is 1. The zero-order valence-corrected chi connectivity index (χ0v) is 18.6. The van der Waals surface area contributed by atoms with Crippen molar-refractivity contribution in [3.8, 4) is 0 Å². The van der Waals surface area contributed by atoms with Gasteiger partial charge in [-0.1, -0.05) is 66.2 Å². The Bertz CT molecular complexity index is 1440. The van der Waals surface area contributed by atoms with Crippen LogP contribution in [0, 0.1) is 12.7 Å². The number of Topliss-reactive ketones (excluding diaryl/α,β-unsaturated/α-hetero) is 1. The van der Waals surface area contributed by atoms with Crippen LogP contribution in [-0.4, -0.2) is 33.2 Å². The first-order valence-electron chi connectivity index (χ1n) is 11.1. The first kappa shape index (κ1) is 21.6. The highest BCUT2D eigenvalue weighted by atomic mass is 19.1. The van der Waals surface area contributed by atoms with Crippen molar-refractivity contribution in [1.82, 2.24) is 9.88 Å². The van der Waals surface area contributed by atoms with Gasteiger partial charge in [0.1, 0.15) is 11.6 Å². The van der Waals surface area contributed by atoms with Gasteiger partial charge in [-0.15, -0.1) is 0 Å². The Morgan fingerprint density at radius 1 is 1.00 bits per heavy atom. The lowest BCUT2D eigenvalue weighted by Crippen LogP contribution is -2.32. The molecule has 0 bridgehead atoms. The number of ketones is 1. The van der Waals surface area contributed by atoms with Crippen molar-refractivity contribution in [1.29, 1.82) is 0 Å². The van der Waals surface area contributed by atoms with Crippen molar-refractivity contribution in [3.05, 3.63) is 113 Å². The zero-order valence-electron chi connectivity index (χ0n) is 18.6. The fourth-order valence-electron chi connectivity index (χ4n) is 4.58. The molecule has 1 atom stereocenters. The molecule has 170 valence electrons. The molecular formula is C28H23FN2O3. The minimum Gasteiger partial charge on any atom is -0.507 e. The highest BCUT2D eigenvalue weighted by molar-refractivity contribution is 6.46. The molecule has 4 aromatic rings. The van der Waals surface area contributed by atoms with Crippen LogP contribution in [-0.2, 0) is 16.0 Å². The van der Waals surface area contributed by atoms with Gasteiger partial charge in [-0.3, -0.25) is 9.59 Å². The molecule has 1 amide bonds. The molecule has 0 saturated carbocycles. The SMILES string of the molecule is Cc1ccc(C(O)=C2C(=O)C(=O)N(CCc3c[nH]c4ccccc34)C2c2ccccc2F)cc1. The minimum atomic E-state index is -1.02. The summed E-state index contributed by atoms with van der Waals surface area (Å²) in [5.74, 6) is -2.41. The van der Waals surface area contributed by atoms with E-state index in [1.54, 1.807) is 42.5 Å². The van der Waals surface area contributed by atoms with Gasteiger partial charge in [0.05, 0.1) is 11.6 Å². The van der Waals surface area contributed by atoms with Gasteiger partial charge in [0.2, 0.25) is 0 Å². The topological polar surface area (TPSA) is 73.4 Å². The molecule has 1 aliphatic heterocycles. The standard InChI is InChI=1S/C28H23FN2O3/c1-17-10-12-18(13-11-17)26(32)24-25(21-7-2-4-8-22(21)29)31(28(34)27(24)33)15-14-19-16-30-23-9-5-3-6-20(19)23/h2-13,16,25,30,32H,14-15H2,1H3. The third kappa shape index (κ3) is 3.67. The Hall–Kier alpha value is -4.19. The van der Waals surface area contributed by atoms with E-state index < -0.39 is 23.5 Å². The Morgan fingerprint density at radius 3 is 2.47 bits per heavy atom. The lowest BCUT2D eigenvalue weighted by atomic mass is 9.94. The van der Waals surface area contributed by atoms with Crippen LogP contribution in [0.1, 0.15) is 28.3 Å². The van der Waals surface area contributed by atoms with E-state index in [-0.39, 0.29) is 23.4 Å². The normalized spacial score (nSPS) is 17.6. The molecule has 2 N–H and O–H groups in total. The van der Waals surface area contributed by atoms with Crippen LogP contribution in [0.4, 0.5) is 4.39 Å². The molecule has 0 radical (unpaired) electrons. The van der Waals surface area contributed by atoms with E-state index in [2.05, 4.69) is 4.98 Å². The van der Waals surface area contributed by atoms with Crippen LogP contribution >= 0.6 is 0 Å². The van der Waals surface area contributed by atoms with Crippen LogP contribution in [0.15, 0.2) is 84.6 Å². The number of carbonyl (C=O) groups excluding carboxylic acids is 2. The maximum atomic E-state index is 14.9. The Kier molecular flexibility index (Phi) is 5.49. The van der Waals surface area contributed by atoms with Crippen LogP contribution in [0.3, 0.4) is 0 Å². The number of fused-ring (bicyclic) bond motifs is 1. The van der Waals surface area contributed by atoms with E-state index >= 15 is 0 Å². The van der Waals surface area contributed by atoms with Gasteiger partial charge in [-0.05, 0) is 31.0 Å². The van der Waals surface area contributed by atoms with Crippen molar-refractivity contribution in [2.45, 2.75) is 19.4 Å². The van der Waals surface area contributed by atoms with E-state index in [0.717, 1.165) is 22.0 Å².